The topological polar surface area (TPSA) is 38.0 Å². The average molecular weight is 825 g/mol. The van der Waals surface area contributed by atoms with Gasteiger partial charge in [0.15, 0.2) is 0 Å². The highest BCUT2D eigenvalue weighted by atomic mass is 19.4. The van der Waals surface area contributed by atoms with Gasteiger partial charge in [0, 0.05) is 6.42 Å². The van der Waals surface area contributed by atoms with Gasteiger partial charge < -0.3 is 5.73 Å². The van der Waals surface area contributed by atoms with Crippen molar-refractivity contribution in [2.24, 2.45) is 5.73 Å². The first-order valence-electron chi connectivity index (χ1n) is 13.9. The van der Waals surface area contributed by atoms with Gasteiger partial charge in [-0.2, -0.15) is 26.3 Å². The van der Waals surface area contributed by atoms with Gasteiger partial charge in [-0.25, -0.2) is 48.3 Å². The predicted octanol–water partition coefficient (Wildman–Crippen LogP) is 13.1. The predicted molar refractivity (Wildman–Crippen MR) is 159 cm³/mol. The highest BCUT2D eigenvalue weighted by Crippen LogP contribution is 2.34. The maximum absolute atomic E-state index is 13.1. The van der Waals surface area contributed by atoms with Crippen LogP contribution in [-0.4, -0.2) is 100 Å². The first-order valence-corrected chi connectivity index (χ1v) is 13.9. The van der Waals surface area contributed by atoms with E-state index in [4.69, 9.17) is 5.73 Å². The van der Waals surface area contributed by atoms with Crippen molar-refractivity contribution in [3.8, 4) is 0 Å². The van der Waals surface area contributed by atoms with Gasteiger partial charge >= 0.3 is 12.4 Å². The Hall–Kier alpha value is -1.88. The summed E-state index contributed by atoms with van der Waals surface area (Å²) < 4.78 is 233. The van der Waals surface area contributed by atoms with Gasteiger partial charge in [0.1, 0.15) is 6.67 Å². The molecule has 0 aliphatic carbocycles. The van der Waals surface area contributed by atoms with Crippen LogP contribution in [0.1, 0.15) is 66.2 Å². The highest BCUT2D eigenvalue weighted by Gasteiger charge is 2.55. The van der Waals surface area contributed by atoms with E-state index < -0.39 is 71.5 Å². The summed E-state index contributed by atoms with van der Waals surface area (Å²) in [5.41, 5.74) is 5.21. The van der Waals surface area contributed by atoms with Crippen LogP contribution in [0.25, 0.3) is 0 Å². The maximum Gasteiger partial charge on any atom is 0.442 e. The van der Waals surface area contributed by atoms with E-state index in [2.05, 4.69) is 6.92 Å². The molecule has 0 saturated carbocycles. The second kappa shape index (κ2) is 77.5. The number of nitrogens with two attached hydrogens (primary N) is 1. The van der Waals surface area contributed by atoms with Crippen LogP contribution >= 0.6 is 0 Å². The lowest BCUT2D eigenvalue weighted by molar-refractivity contribution is -0.245. The van der Waals surface area contributed by atoms with E-state index in [1.165, 1.54) is 33.1 Å². The number of hydrogen-bond acceptors (Lipinski definition) is 2. The van der Waals surface area contributed by atoms with Gasteiger partial charge in [0.2, 0.25) is 33.5 Å². The second-order valence-electron chi connectivity index (χ2n) is 6.66. The molecule has 0 spiro atoms. The number of alkyl halides is 21. The Labute approximate surface area is 286 Å². The highest BCUT2D eigenvalue weighted by molar-refractivity contribution is 4.98. The number of halogens is 22. The summed E-state index contributed by atoms with van der Waals surface area (Å²) in [7, 11) is 1.00. The van der Waals surface area contributed by atoms with Crippen LogP contribution in [0.3, 0.4) is 0 Å². The fourth-order valence-corrected chi connectivity index (χ4v) is 1.50. The fraction of sp³-hybridized carbons (Fsp3) is 0.926. The number of allylic oxidation sites excluding steroid dienone is 2. The van der Waals surface area contributed by atoms with Crippen molar-refractivity contribution in [1.29, 1.82) is 0 Å². The van der Waals surface area contributed by atoms with Crippen molar-refractivity contribution in [2.75, 3.05) is 81.9 Å². The molecular formula is C27H54F22N2. The zero-order chi connectivity index (χ0) is 43.8. The first-order chi connectivity index (χ1) is 23.8. The molecule has 326 valence electrons. The van der Waals surface area contributed by atoms with Crippen LogP contribution in [0.5, 0.6) is 0 Å². The summed E-state index contributed by atoms with van der Waals surface area (Å²) in [5.74, 6) is -5.97. The van der Waals surface area contributed by atoms with Crippen molar-refractivity contribution < 1.29 is 96.6 Å². The Morgan fingerprint density at radius 1 is 0.569 bits per heavy atom. The lowest BCUT2D eigenvalue weighted by Crippen LogP contribution is -2.53. The van der Waals surface area contributed by atoms with Gasteiger partial charge in [0.25, 0.3) is 5.79 Å². The molecule has 0 aliphatic rings. The molecule has 24 heteroatoms. The van der Waals surface area contributed by atoms with Crippen molar-refractivity contribution in [3.63, 3.8) is 0 Å². The number of unbranched alkanes of at least 4 members (excludes halogenated alkanes) is 3. The van der Waals surface area contributed by atoms with Crippen molar-refractivity contribution in [2.45, 2.75) is 84.4 Å². The first kappa shape index (κ1) is 78.3. The van der Waals surface area contributed by atoms with Gasteiger partial charge in [-0.05, 0) is 45.9 Å². The minimum absolute atomic E-state index is 0.105. The second-order valence-corrected chi connectivity index (χ2v) is 6.66. The Balaban J connectivity index is -0.0000000419. The maximum atomic E-state index is 13.1. The molecule has 0 aromatic carbocycles. The molecule has 0 saturated heterocycles. The molecule has 0 aliphatic heterocycles. The molecule has 0 aromatic rings. The Bertz CT molecular complexity index is 483. The van der Waals surface area contributed by atoms with Crippen LogP contribution in [0.2, 0.25) is 0 Å². The summed E-state index contributed by atoms with van der Waals surface area (Å²) in [6, 6.07) is 0. The third kappa shape index (κ3) is 121. The van der Waals surface area contributed by atoms with Gasteiger partial charge in [0.05, 0.1) is 34.4 Å². The molecule has 1 atom stereocenters. The lowest BCUT2D eigenvalue weighted by atomic mass is 10.1. The van der Waals surface area contributed by atoms with Crippen molar-refractivity contribution in [3.05, 3.63) is 11.9 Å². The van der Waals surface area contributed by atoms with E-state index >= 15 is 0 Å². The molecular weight excluding hydrogens is 770 g/mol. The zero-order valence-electron chi connectivity index (χ0n) is 29.3. The molecule has 3 N–H and O–H groups in total. The molecule has 0 aromatic heterocycles. The lowest BCUT2D eigenvalue weighted by Gasteiger charge is -2.28. The van der Waals surface area contributed by atoms with E-state index in [1.807, 2.05) is 0 Å². The quantitative estimate of drug-likeness (QED) is 0.131. The van der Waals surface area contributed by atoms with E-state index in [1.54, 1.807) is 12.2 Å². The molecule has 0 radical (unpaired) electrons. The van der Waals surface area contributed by atoms with E-state index in [9.17, 15) is 96.6 Å². The van der Waals surface area contributed by atoms with Crippen LogP contribution < -0.4 is 11.1 Å². The van der Waals surface area contributed by atoms with Gasteiger partial charge in [-0.1, -0.05) is 33.1 Å². The summed E-state index contributed by atoms with van der Waals surface area (Å²) in [4.78, 5) is 0. The van der Waals surface area contributed by atoms with Crippen LogP contribution in [0.15, 0.2) is 11.9 Å². The van der Waals surface area contributed by atoms with Crippen molar-refractivity contribution in [1.82, 2.24) is 5.32 Å². The van der Waals surface area contributed by atoms with E-state index in [-0.39, 0.29) is 26.0 Å². The molecule has 2 nitrogen and oxygen atoms in total. The standard InChI is InChI=1S/C8H14F5N.C5H13N.C4H3F5.2C2H5F.4CH2F2.2CH3F/c1-2-3-6-14-7(10,4-5-9)8(11,12)13;1-2-3-4-5-6;5-2-1-3(6)4(7,8)9;2*1-2-3;4*2-1-3;2*1-2/h14H,2-6H2,1H3;2-6H2,1H3;1H,2H2;2*2H2,1H3;4*1H2;2*1H3/b;;3-1-;;;;;;;;. The van der Waals surface area contributed by atoms with Crippen molar-refractivity contribution >= 4 is 0 Å². The third-order valence-corrected chi connectivity index (χ3v) is 3.16. The van der Waals surface area contributed by atoms with E-state index in [0.717, 1.165) is 6.54 Å². The minimum Gasteiger partial charge on any atom is -0.330 e. The van der Waals surface area contributed by atoms with Crippen LogP contribution in [-0.2, 0) is 0 Å². The molecule has 0 bridgehead atoms. The molecule has 1 unspecified atom stereocenters. The van der Waals surface area contributed by atoms with Crippen LogP contribution in [0.4, 0.5) is 96.6 Å². The smallest absolute Gasteiger partial charge is 0.330 e. The summed E-state index contributed by atoms with van der Waals surface area (Å²) in [5, 5.41) is 1.71. The molecule has 0 heterocycles. The third-order valence-electron chi connectivity index (χ3n) is 3.16. The number of hydrogen-bond donors (Lipinski definition) is 2. The SMILES string of the molecule is CCCCCN.CCCCNC(F)(CCF)C(F)(F)F.CCF.CCF.CF.CF.FC/C=C(\F)C(F)(F)F.FCF.FCF.FCF.FCF. The number of rotatable bonds is 10. The van der Waals surface area contributed by atoms with E-state index in [0.29, 0.717) is 27.2 Å². The van der Waals surface area contributed by atoms with Gasteiger partial charge in [-0.15, -0.1) is 0 Å². The normalized spacial score (nSPS) is 10.5. The van der Waals surface area contributed by atoms with Crippen LogP contribution in [0, 0.1) is 0 Å². The Kier molecular flexibility index (Phi) is 119. The fourth-order valence-electron chi connectivity index (χ4n) is 1.50. The molecule has 0 amide bonds. The summed E-state index contributed by atoms with van der Waals surface area (Å²) in [6.07, 6.45) is -6.63. The summed E-state index contributed by atoms with van der Waals surface area (Å²) >= 11 is 0. The number of nitrogens with one attached hydrogen (secondary N) is 1. The monoisotopic (exact) mass is 824 g/mol. The minimum atomic E-state index is -5.06. The largest absolute Gasteiger partial charge is 0.442 e. The molecule has 0 fully saturated rings. The average Bonchev–Trinajstić information content (AvgIpc) is 3.04. The summed E-state index contributed by atoms with van der Waals surface area (Å²) in [6.45, 7) is -2.67. The zero-order valence-corrected chi connectivity index (χ0v) is 29.3. The molecule has 0 rings (SSSR count). The van der Waals surface area contributed by atoms with Gasteiger partial charge in [-0.3, -0.25) is 27.3 Å². The molecule has 51 heavy (non-hydrogen) atoms. The Morgan fingerprint density at radius 2 is 0.863 bits per heavy atom. The Morgan fingerprint density at radius 3 is 1.00 bits per heavy atom.